The van der Waals surface area contributed by atoms with Crippen molar-refractivity contribution in [2.24, 2.45) is 0 Å². The van der Waals surface area contributed by atoms with Crippen LogP contribution in [0.15, 0.2) is 48.5 Å². The lowest BCUT2D eigenvalue weighted by Gasteiger charge is -2.25. The maximum absolute atomic E-state index is 13.0. The van der Waals surface area contributed by atoms with E-state index in [0.29, 0.717) is 22.6 Å². The van der Waals surface area contributed by atoms with Crippen molar-refractivity contribution in [2.45, 2.75) is 32.7 Å². The molecule has 0 unspecified atom stereocenters. The van der Waals surface area contributed by atoms with Crippen LogP contribution in [0.3, 0.4) is 0 Å². The van der Waals surface area contributed by atoms with Crippen molar-refractivity contribution in [3.8, 4) is 0 Å². The summed E-state index contributed by atoms with van der Waals surface area (Å²) in [7, 11) is 0. The molecule has 0 bridgehead atoms. The largest absolute Gasteiger partial charge is 0.344 e. The molecule has 30 heavy (non-hydrogen) atoms. The van der Waals surface area contributed by atoms with Crippen LogP contribution in [-0.4, -0.2) is 35.3 Å². The number of hydrogen-bond acceptors (Lipinski definition) is 4. The zero-order valence-electron chi connectivity index (χ0n) is 17.1. The summed E-state index contributed by atoms with van der Waals surface area (Å²) in [4.78, 5) is 50.0. The average Bonchev–Trinajstić information content (AvgIpc) is 2.97. The SMILES string of the molecule is CC[C@@]1(c2ccccc2)NC(=O)N(NC(=O)CNC(=O)c2cc(C)cc(C)c2)C1=O. The third-order valence-corrected chi connectivity index (χ3v) is 5.02. The molecular formula is C22H24N4O4. The number of benzene rings is 2. The fourth-order valence-corrected chi connectivity index (χ4v) is 3.57. The first-order chi connectivity index (χ1) is 14.3. The summed E-state index contributed by atoms with van der Waals surface area (Å²) in [6.45, 7) is 5.15. The van der Waals surface area contributed by atoms with Crippen molar-refractivity contribution < 1.29 is 19.2 Å². The lowest BCUT2D eigenvalue weighted by atomic mass is 9.87. The molecule has 1 heterocycles. The lowest BCUT2D eigenvalue weighted by molar-refractivity contribution is -0.139. The van der Waals surface area contributed by atoms with Gasteiger partial charge in [-0.25, -0.2) is 4.79 Å². The second-order valence-corrected chi connectivity index (χ2v) is 7.29. The van der Waals surface area contributed by atoms with Crippen LogP contribution in [0.1, 0.15) is 40.4 Å². The van der Waals surface area contributed by atoms with Crippen molar-refractivity contribution in [3.63, 3.8) is 0 Å². The Morgan fingerprint density at radius 2 is 1.67 bits per heavy atom. The van der Waals surface area contributed by atoms with Gasteiger partial charge in [-0.2, -0.15) is 5.01 Å². The highest BCUT2D eigenvalue weighted by molar-refractivity contribution is 6.08. The molecule has 3 rings (SSSR count). The summed E-state index contributed by atoms with van der Waals surface area (Å²) >= 11 is 0. The molecular weight excluding hydrogens is 384 g/mol. The molecule has 0 aliphatic carbocycles. The normalized spacial score (nSPS) is 18.2. The number of imide groups is 1. The van der Waals surface area contributed by atoms with E-state index < -0.39 is 29.3 Å². The summed E-state index contributed by atoms with van der Waals surface area (Å²) in [6, 6.07) is 13.5. The molecule has 8 nitrogen and oxygen atoms in total. The van der Waals surface area contributed by atoms with E-state index in [1.54, 1.807) is 43.3 Å². The third-order valence-electron chi connectivity index (χ3n) is 5.02. The molecule has 0 radical (unpaired) electrons. The van der Waals surface area contributed by atoms with Gasteiger partial charge in [0.25, 0.3) is 17.7 Å². The minimum absolute atomic E-state index is 0.317. The minimum atomic E-state index is -1.24. The van der Waals surface area contributed by atoms with E-state index in [9.17, 15) is 19.2 Å². The Morgan fingerprint density at radius 3 is 2.27 bits per heavy atom. The molecule has 1 fully saturated rings. The van der Waals surface area contributed by atoms with Crippen molar-refractivity contribution in [2.75, 3.05) is 6.54 Å². The summed E-state index contributed by atoms with van der Waals surface area (Å²) in [5, 5.41) is 5.85. The summed E-state index contributed by atoms with van der Waals surface area (Å²) in [5.74, 6) is -1.67. The summed E-state index contributed by atoms with van der Waals surface area (Å²) < 4.78 is 0. The molecule has 156 valence electrons. The van der Waals surface area contributed by atoms with Crippen LogP contribution >= 0.6 is 0 Å². The van der Waals surface area contributed by atoms with Crippen LogP contribution < -0.4 is 16.1 Å². The number of carbonyl (C=O) groups excluding carboxylic acids is 4. The van der Waals surface area contributed by atoms with Gasteiger partial charge in [0.1, 0.15) is 5.54 Å². The van der Waals surface area contributed by atoms with E-state index in [0.717, 1.165) is 11.1 Å². The van der Waals surface area contributed by atoms with Gasteiger partial charge in [0.05, 0.1) is 6.54 Å². The Balaban J connectivity index is 1.66. The van der Waals surface area contributed by atoms with Crippen LogP contribution in [0, 0.1) is 13.8 Å². The van der Waals surface area contributed by atoms with Crippen molar-refractivity contribution in [1.29, 1.82) is 0 Å². The molecule has 0 saturated carbocycles. The number of aryl methyl sites for hydroxylation is 2. The van der Waals surface area contributed by atoms with Crippen molar-refractivity contribution in [1.82, 2.24) is 21.1 Å². The monoisotopic (exact) mass is 408 g/mol. The Morgan fingerprint density at radius 1 is 1.03 bits per heavy atom. The topological polar surface area (TPSA) is 108 Å². The van der Waals surface area contributed by atoms with Crippen molar-refractivity contribution in [3.05, 3.63) is 70.8 Å². The number of amides is 5. The Bertz CT molecular complexity index is 985. The number of rotatable bonds is 6. The number of hydrogen-bond donors (Lipinski definition) is 3. The van der Waals surface area contributed by atoms with Crippen LogP contribution in [0.25, 0.3) is 0 Å². The van der Waals surface area contributed by atoms with Gasteiger partial charge in [-0.1, -0.05) is 54.4 Å². The van der Waals surface area contributed by atoms with Gasteiger partial charge in [0, 0.05) is 5.56 Å². The molecule has 1 aliphatic heterocycles. The Hall–Kier alpha value is -3.68. The van der Waals surface area contributed by atoms with Crippen molar-refractivity contribution >= 4 is 23.8 Å². The Labute approximate surface area is 174 Å². The van der Waals surface area contributed by atoms with E-state index in [1.807, 2.05) is 26.0 Å². The molecule has 1 aliphatic rings. The maximum atomic E-state index is 13.0. The third kappa shape index (κ3) is 4.03. The second kappa shape index (κ2) is 8.36. The molecule has 1 atom stereocenters. The molecule has 2 aromatic carbocycles. The highest BCUT2D eigenvalue weighted by Gasteiger charge is 2.52. The lowest BCUT2D eigenvalue weighted by Crippen LogP contribution is -2.51. The first kappa shape index (κ1) is 21.0. The van der Waals surface area contributed by atoms with Gasteiger partial charge in [0.2, 0.25) is 0 Å². The van der Waals surface area contributed by atoms with Crippen LogP contribution in [0.4, 0.5) is 4.79 Å². The predicted octanol–water partition coefficient (Wildman–Crippen LogP) is 1.92. The Kier molecular flexibility index (Phi) is 5.86. The standard InChI is InChI=1S/C22H24N4O4/c1-4-22(17-8-6-5-7-9-17)20(29)26(21(30)24-22)25-18(27)13-23-19(28)16-11-14(2)10-15(3)12-16/h5-12H,4,13H2,1-3H3,(H,23,28)(H,24,30)(H,25,27)/t22-/m0/s1. The summed E-state index contributed by atoms with van der Waals surface area (Å²) in [6.07, 6.45) is 0.317. The molecule has 0 aromatic heterocycles. The molecule has 0 spiro atoms. The van der Waals surface area contributed by atoms with Gasteiger partial charge in [-0.15, -0.1) is 0 Å². The van der Waals surface area contributed by atoms with E-state index in [-0.39, 0.29) is 6.54 Å². The van der Waals surface area contributed by atoms with E-state index >= 15 is 0 Å². The van der Waals surface area contributed by atoms with Gasteiger partial charge in [-0.3, -0.25) is 19.8 Å². The summed E-state index contributed by atoms with van der Waals surface area (Å²) in [5.41, 5.74) is 3.97. The molecule has 5 amide bonds. The maximum Gasteiger partial charge on any atom is 0.344 e. The zero-order chi connectivity index (χ0) is 21.9. The van der Waals surface area contributed by atoms with Gasteiger partial charge < -0.3 is 10.6 Å². The fraction of sp³-hybridized carbons (Fsp3) is 0.273. The number of nitrogens with zero attached hydrogens (tertiary/aromatic N) is 1. The number of carbonyl (C=O) groups is 4. The van der Waals surface area contributed by atoms with Gasteiger partial charge in [-0.05, 0) is 38.0 Å². The first-order valence-corrected chi connectivity index (χ1v) is 9.65. The average molecular weight is 408 g/mol. The number of nitrogens with one attached hydrogen (secondary N) is 3. The van der Waals surface area contributed by atoms with E-state index in [1.165, 1.54) is 0 Å². The number of urea groups is 1. The van der Waals surface area contributed by atoms with Crippen LogP contribution in [0.2, 0.25) is 0 Å². The van der Waals surface area contributed by atoms with Crippen LogP contribution in [0.5, 0.6) is 0 Å². The second-order valence-electron chi connectivity index (χ2n) is 7.29. The molecule has 3 N–H and O–H groups in total. The first-order valence-electron chi connectivity index (χ1n) is 9.65. The van der Waals surface area contributed by atoms with Crippen LogP contribution in [-0.2, 0) is 15.1 Å². The molecule has 1 saturated heterocycles. The van der Waals surface area contributed by atoms with Gasteiger partial charge >= 0.3 is 6.03 Å². The van der Waals surface area contributed by atoms with E-state index in [2.05, 4.69) is 16.1 Å². The zero-order valence-corrected chi connectivity index (χ0v) is 17.1. The number of hydrazine groups is 1. The smallest absolute Gasteiger partial charge is 0.343 e. The predicted molar refractivity (Wildman–Crippen MR) is 110 cm³/mol. The van der Waals surface area contributed by atoms with Gasteiger partial charge in [0.15, 0.2) is 0 Å². The molecule has 8 heteroatoms. The highest BCUT2D eigenvalue weighted by atomic mass is 16.2. The minimum Gasteiger partial charge on any atom is -0.343 e. The highest BCUT2D eigenvalue weighted by Crippen LogP contribution is 2.31. The molecule has 2 aromatic rings. The van der Waals surface area contributed by atoms with E-state index in [4.69, 9.17) is 0 Å². The fourth-order valence-electron chi connectivity index (χ4n) is 3.57. The quantitative estimate of drug-likeness (QED) is 0.635.